The van der Waals surface area contributed by atoms with Crippen molar-refractivity contribution in [3.05, 3.63) is 106 Å². The highest BCUT2D eigenvalue weighted by Gasteiger charge is 2.10. The van der Waals surface area contributed by atoms with Gasteiger partial charge in [-0.15, -0.1) is 0 Å². The average Bonchev–Trinajstić information content (AvgIpc) is 3.26. The third-order valence-corrected chi connectivity index (χ3v) is 4.86. The first-order valence-corrected chi connectivity index (χ1v) is 9.60. The smallest absolute Gasteiger partial charge is 0.268 e. The van der Waals surface area contributed by atoms with Crippen molar-refractivity contribution >= 4 is 28.1 Å². The molecule has 8 nitrogen and oxygen atoms in total. The molecule has 0 aliphatic carbocycles. The molecule has 4 rings (SSSR count). The van der Waals surface area contributed by atoms with Gasteiger partial charge in [-0.1, -0.05) is 48.5 Å². The Morgan fingerprint density at radius 1 is 1.06 bits per heavy atom. The summed E-state index contributed by atoms with van der Waals surface area (Å²) in [6.45, 7) is 2.22. The van der Waals surface area contributed by atoms with Crippen LogP contribution in [0.4, 0.5) is 5.69 Å². The summed E-state index contributed by atoms with van der Waals surface area (Å²) in [5.74, 6) is -0.414. The first-order chi connectivity index (χ1) is 15.0. The van der Waals surface area contributed by atoms with Gasteiger partial charge >= 0.3 is 0 Å². The van der Waals surface area contributed by atoms with E-state index in [2.05, 4.69) is 15.6 Å². The van der Waals surface area contributed by atoms with Gasteiger partial charge in [0.05, 0.1) is 17.2 Å². The van der Waals surface area contributed by atoms with E-state index in [4.69, 9.17) is 0 Å². The average molecular weight is 413 g/mol. The molecular weight excluding hydrogens is 394 g/mol. The van der Waals surface area contributed by atoms with E-state index in [1.165, 1.54) is 12.1 Å². The van der Waals surface area contributed by atoms with Crippen molar-refractivity contribution in [1.29, 1.82) is 0 Å². The van der Waals surface area contributed by atoms with Gasteiger partial charge < -0.3 is 0 Å². The maximum absolute atomic E-state index is 12.4. The lowest BCUT2D eigenvalue weighted by molar-refractivity contribution is -0.384. The number of carbonyl (C=O) groups is 1. The molecule has 0 saturated carbocycles. The zero-order valence-corrected chi connectivity index (χ0v) is 16.7. The quantitative estimate of drug-likeness (QED) is 0.291. The topological polar surface area (TPSA) is 102 Å². The fourth-order valence-corrected chi connectivity index (χ4v) is 3.15. The van der Waals surface area contributed by atoms with E-state index in [9.17, 15) is 14.9 Å². The second kappa shape index (κ2) is 8.58. The van der Waals surface area contributed by atoms with Crippen molar-refractivity contribution in [2.75, 3.05) is 0 Å². The van der Waals surface area contributed by atoms with Crippen LogP contribution in [0, 0.1) is 10.1 Å². The Labute approximate surface area is 178 Å². The summed E-state index contributed by atoms with van der Waals surface area (Å²) in [6, 6.07) is 21.9. The summed E-state index contributed by atoms with van der Waals surface area (Å²) in [6.07, 6.45) is 1.68. The molecule has 0 spiro atoms. The number of rotatable bonds is 6. The number of fused-ring (bicyclic) bond motifs is 1. The molecule has 0 saturated heterocycles. The number of nitro groups is 1. The molecule has 0 aliphatic rings. The molecule has 1 heterocycles. The SMILES string of the molecule is CC(=NNC(=O)c1ccn(Cc2ccc([N+](=O)[O-])cc2)n1)c1ccc2ccccc2c1. The van der Waals surface area contributed by atoms with Gasteiger partial charge in [-0.2, -0.15) is 10.2 Å². The maximum atomic E-state index is 12.4. The summed E-state index contributed by atoms with van der Waals surface area (Å²) >= 11 is 0. The molecule has 0 unspecified atom stereocenters. The predicted molar refractivity (Wildman–Crippen MR) is 118 cm³/mol. The van der Waals surface area contributed by atoms with Crippen molar-refractivity contribution in [2.24, 2.45) is 5.10 Å². The van der Waals surface area contributed by atoms with Crippen LogP contribution in [0.1, 0.15) is 28.5 Å². The second-order valence-corrected chi connectivity index (χ2v) is 7.02. The molecule has 0 atom stereocenters. The van der Waals surface area contributed by atoms with Crippen LogP contribution in [0.3, 0.4) is 0 Å². The van der Waals surface area contributed by atoms with E-state index in [0.29, 0.717) is 12.3 Å². The van der Waals surface area contributed by atoms with E-state index in [1.54, 1.807) is 29.1 Å². The van der Waals surface area contributed by atoms with Gasteiger partial charge in [-0.25, -0.2) is 5.43 Å². The number of benzene rings is 3. The maximum Gasteiger partial charge on any atom is 0.291 e. The number of hydrogen-bond acceptors (Lipinski definition) is 5. The van der Waals surface area contributed by atoms with Gasteiger partial charge in [0.1, 0.15) is 0 Å². The normalized spacial score (nSPS) is 11.5. The van der Waals surface area contributed by atoms with Crippen LogP contribution >= 0.6 is 0 Å². The number of non-ortho nitro benzene ring substituents is 1. The Balaban J connectivity index is 1.41. The number of carbonyl (C=O) groups excluding carboxylic acids is 1. The number of nitrogens with zero attached hydrogens (tertiary/aromatic N) is 4. The highest BCUT2D eigenvalue weighted by molar-refractivity contribution is 6.03. The molecule has 8 heteroatoms. The van der Waals surface area contributed by atoms with Crippen LogP contribution in [0.25, 0.3) is 10.8 Å². The minimum absolute atomic E-state index is 0.0314. The van der Waals surface area contributed by atoms with Crippen molar-refractivity contribution in [2.45, 2.75) is 13.5 Å². The highest BCUT2D eigenvalue weighted by Crippen LogP contribution is 2.16. The van der Waals surface area contributed by atoms with Gasteiger partial charge in [0.15, 0.2) is 5.69 Å². The van der Waals surface area contributed by atoms with Crippen LogP contribution in [-0.4, -0.2) is 26.3 Å². The number of hydrazone groups is 1. The molecule has 31 heavy (non-hydrogen) atoms. The standard InChI is InChI=1S/C23H19N5O3/c1-16(19-9-8-18-4-2-3-5-20(18)14-19)24-25-23(29)22-12-13-27(26-22)15-17-6-10-21(11-7-17)28(30)31/h2-14H,15H2,1H3,(H,25,29). The predicted octanol–water partition coefficient (Wildman–Crippen LogP) is 4.15. The number of nitro benzene ring substituents is 1. The van der Waals surface area contributed by atoms with E-state index in [1.807, 2.05) is 49.4 Å². The van der Waals surface area contributed by atoms with Crippen LogP contribution < -0.4 is 5.43 Å². The highest BCUT2D eigenvalue weighted by atomic mass is 16.6. The van der Waals surface area contributed by atoms with Gasteiger partial charge in [0.2, 0.25) is 0 Å². The third kappa shape index (κ3) is 4.64. The number of aromatic nitrogens is 2. The molecule has 1 amide bonds. The lowest BCUT2D eigenvalue weighted by atomic mass is 10.0. The Bertz CT molecular complexity index is 1290. The van der Waals surface area contributed by atoms with Crippen molar-refractivity contribution in [1.82, 2.24) is 15.2 Å². The van der Waals surface area contributed by atoms with Gasteiger partial charge in [-0.3, -0.25) is 19.6 Å². The van der Waals surface area contributed by atoms with Crippen LogP contribution in [0.2, 0.25) is 0 Å². The Morgan fingerprint density at radius 2 is 1.81 bits per heavy atom. The van der Waals surface area contributed by atoms with E-state index in [0.717, 1.165) is 21.9 Å². The summed E-state index contributed by atoms with van der Waals surface area (Å²) in [5.41, 5.74) is 5.25. The van der Waals surface area contributed by atoms with E-state index < -0.39 is 10.8 Å². The summed E-state index contributed by atoms with van der Waals surface area (Å²) in [4.78, 5) is 22.7. The molecular formula is C23H19N5O3. The Kier molecular flexibility index (Phi) is 5.53. The molecule has 4 aromatic rings. The first-order valence-electron chi connectivity index (χ1n) is 9.60. The van der Waals surface area contributed by atoms with Crippen molar-refractivity contribution < 1.29 is 9.72 Å². The Hall–Kier alpha value is -4.33. The first kappa shape index (κ1) is 20.0. The second-order valence-electron chi connectivity index (χ2n) is 7.02. The fraction of sp³-hybridized carbons (Fsp3) is 0.0870. The largest absolute Gasteiger partial charge is 0.291 e. The molecule has 0 bridgehead atoms. The lowest BCUT2D eigenvalue weighted by Gasteiger charge is -2.04. The van der Waals surface area contributed by atoms with Gasteiger partial charge in [-0.05, 0) is 41.0 Å². The summed E-state index contributed by atoms with van der Waals surface area (Å²) in [7, 11) is 0. The minimum Gasteiger partial charge on any atom is -0.268 e. The monoisotopic (exact) mass is 413 g/mol. The number of hydrogen-bond donors (Lipinski definition) is 1. The van der Waals surface area contributed by atoms with Crippen molar-refractivity contribution in [3.63, 3.8) is 0 Å². The van der Waals surface area contributed by atoms with Crippen LogP contribution in [-0.2, 0) is 6.54 Å². The van der Waals surface area contributed by atoms with Gasteiger partial charge in [0.25, 0.3) is 11.6 Å². The molecule has 154 valence electrons. The number of amides is 1. The van der Waals surface area contributed by atoms with Crippen LogP contribution in [0.5, 0.6) is 0 Å². The summed E-state index contributed by atoms with van der Waals surface area (Å²) < 4.78 is 1.59. The fourth-order valence-electron chi connectivity index (χ4n) is 3.15. The zero-order valence-electron chi connectivity index (χ0n) is 16.7. The molecule has 3 aromatic carbocycles. The van der Waals surface area contributed by atoms with Crippen molar-refractivity contribution in [3.8, 4) is 0 Å². The lowest BCUT2D eigenvalue weighted by Crippen LogP contribution is -2.20. The zero-order chi connectivity index (χ0) is 21.8. The molecule has 0 aliphatic heterocycles. The van der Waals surface area contributed by atoms with E-state index in [-0.39, 0.29) is 11.4 Å². The Morgan fingerprint density at radius 3 is 2.55 bits per heavy atom. The molecule has 1 aromatic heterocycles. The summed E-state index contributed by atoms with van der Waals surface area (Å²) in [5, 5.41) is 21.4. The molecule has 0 fully saturated rings. The van der Waals surface area contributed by atoms with E-state index >= 15 is 0 Å². The third-order valence-electron chi connectivity index (χ3n) is 4.86. The van der Waals surface area contributed by atoms with Crippen LogP contribution in [0.15, 0.2) is 84.1 Å². The molecule has 0 radical (unpaired) electrons. The molecule has 1 N–H and O–H groups in total. The van der Waals surface area contributed by atoms with Gasteiger partial charge in [0, 0.05) is 18.3 Å². The minimum atomic E-state index is -0.444. The number of nitrogens with one attached hydrogen (secondary N) is 1.